The van der Waals surface area contributed by atoms with Crippen LogP contribution in [0.5, 0.6) is 0 Å². The average Bonchev–Trinajstić information content (AvgIpc) is 2.99. The number of nitrogens with one attached hydrogen (secondary N) is 2. The lowest BCUT2D eigenvalue weighted by Gasteiger charge is -2.09. The van der Waals surface area contributed by atoms with Crippen LogP contribution in [0.1, 0.15) is 0 Å². The number of benzene rings is 2. The third-order valence-electron chi connectivity index (χ3n) is 3.46. The normalized spacial score (nSPS) is 10.4. The summed E-state index contributed by atoms with van der Waals surface area (Å²) >= 11 is 0. The summed E-state index contributed by atoms with van der Waals surface area (Å²) in [6, 6.07) is 11.5. The number of halogens is 1. The van der Waals surface area contributed by atoms with E-state index in [4.69, 9.17) is 0 Å². The zero-order valence-corrected chi connectivity index (χ0v) is 13.2. The van der Waals surface area contributed by atoms with E-state index in [-0.39, 0.29) is 18.1 Å². The van der Waals surface area contributed by atoms with Gasteiger partial charge in [-0.15, -0.1) is 0 Å². The molecule has 1 heterocycles. The molecule has 0 spiro atoms. The van der Waals surface area contributed by atoms with E-state index in [1.807, 2.05) is 24.3 Å². The molecular weight excluding hydrogens is 323 g/mol. The molecule has 25 heavy (non-hydrogen) atoms. The SMILES string of the molecule is C=CC(=O)Nc1cc(NC(=O)Cn2cc3ccccc3n2)ccc1F. The van der Waals surface area contributed by atoms with Crippen molar-refractivity contribution in [1.29, 1.82) is 0 Å². The van der Waals surface area contributed by atoms with E-state index in [1.54, 1.807) is 6.20 Å². The maximum Gasteiger partial charge on any atom is 0.247 e. The van der Waals surface area contributed by atoms with Gasteiger partial charge in [-0.3, -0.25) is 14.3 Å². The molecule has 0 bridgehead atoms. The monoisotopic (exact) mass is 338 g/mol. The van der Waals surface area contributed by atoms with Gasteiger partial charge in [-0.05, 0) is 30.3 Å². The highest BCUT2D eigenvalue weighted by atomic mass is 19.1. The summed E-state index contributed by atoms with van der Waals surface area (Å²) in [5.74, 6) is -1.46. The first-order valence-electron chi connectivity index (χ1n) is 7.50. The van der Waals surface area contributed by atoms with E-state index in [0.29, 0.717) is 5.69 Å². The Bertz CT molecular complexity index is 932. The second kappa shape index (κ2) is 6.96. The van der Waals surface area contributed by atoms with Crippen LogP contribution in [0.2, 0.25) is 0 Å². The summed E-state index contributed by atoms with van der Waals surface area (Å²) in [5, 5.41) is 10.2. The van der Waals surface area contributed by atoms with E-state index in [2.05, 4.69) is 22.3 Å². The van der Waals surface area contributed by atoms with Crippen LogP contribution in [-0.4, -0.2) is 21.6 Å². The largest absolute Gasteiger partial charge is 0.324 e. The van der Waals surface area contributed by atoms with Crippen LogP contribution in [0.3, 0.4) is 0 Å². The van der Waals surface area contributed by atoms with Gasteiger partial charge in [0.25, 0.3) is 0 Å². The Morgan fingerprint density at radius 2 is 2.00 bits per heavy atom. The quantitative estimate of drug-likeness (QED) is 0.702. The Hall–Kier alpha value is -3.48. The highest BCUT2D eigenvalue weighted by molar-refractivity contribution is 5.99. The van der Waals surface area contributed by atoms with Crippen LogP contribution in [0.25, 0.3) is 10.9 Å². The van der Waals surface area contributed by atoms with Crippen molar-refractivity contribution < 1.29 is 14.0 Å². The Morgan fingerprint density at radius 1 is 1.20 bits per heavy atom. The van der Waals surface area contributed by atoms with Gasteiger partial charge in [0.1, 0.15) is 12.4 Å². The molecular formula is C18H15FN4O2. The van der Waals surface area contributed by atoms with Crippen molar-refractivity contribution in [2.24, 2.45) is 0 Å². The van der Waals surface area contributed by atoms with Gasteiger partial charge >= 0.3 is 0 Å². The molecule has 3 aromatic rings. The number of anilines is 2. The smallest absolute Gasteiger partial charge is 0.247 e. The van der Waals surface area contributed by atoms with Crippen LogP contribution in [0.15, 0.2) is 61.3 Å². The van der Waals surface area contributed by atoms with Crippen LogP contribution >= 0.6 is 0 Å². The number of aromatic nitrogens is 2. The van der Waals surface area contributed by atoms with Crippen molar-refractivity contribution in [3.05, 3.63) is 67.1 Å². The molecule has 0 aliphatic heterocycles. The number of hydrogen-bond donors (Lipinski definition) is 2. The Kier molecular flexibility index (Phi) is 4.56. The van der Waals surface area contributed by atoms with E-state index >= 15 is 0 Å². The fraction of sp³-hybridized carbons (Fsp3) is 0.0556. The second-order valence-corrected chi connectivity index (χ2v) is 5.32. The lowest BCUT2D eigenvalue weighted by molar-refractivity contribution is -0.117. The second-order valence-electron chi connectivity index (χ2n) is 5.32. The first kappa shape index (κ1) is 16.4. The van der Waals surface area contributed by atoms with Crippen molar-refractivity contribution in [2.75, 3.05) is 10.6 Å². The van der Waals surface area contributed by atoms with Gasteiger partial charge in [0.05, 0.1) is 11.2 Å². The molecule has 0 aliphatic carbocycles. The molecule has 0 fully saturated rings. The number of amides is 2. The van der Waals surface area contributed by atoms with Gasteiger partial charge < -0.3 is 10.6 Å². The first-order chi connectivity index (χ1) is 12.0. The van der Waals surface area contributed by atoms with Gasteiger partial charge in [0.2, 0.25) is 11.8 Å². The first-order valence-corrected chi connectivity index (χ1v) is 7.50. The topological polar surface area (TPSA) is 76.0 Å². The van der Waals surface area contributed by atoms with E-state index in [1.165, 1.54) is 16.8 Å². The molecule has 2 amide bonds. The molecule has 2 aromatic carbocycles. The minimum atomic E-state index is -0.605. The fourth-order valence-electron chi connectivity index (χ4n) is 2.33. The zero-order chi connectivity index (χ0) is 17.8. The number of nitrogens with zero attached hydrogens (tertiary/aromatic N) is 2. The number of hydrogen-bond acceptors (Lipinski definition) is 3. The van der Waals surface area contributed by atoms with Gasteiger partial charge in [-0.2, -0.15) is 5.10 Å². The summed E-state index contributed by atoms with van der Waals surface area (Å²) in [7, 11) is 0. The third kappa shape index (κ3) is 3.89. The molecule has 7 heteroatoms. The predicted octanol–water partition coefficient (Wildman–Crippen LogP) is 2.94. The maximum absolute atomic E-state index is 13.7. The lowest BCUT2D eigenvalue weighted by Crippen LogP contribution is -2.19. The lowest BCUT2D eigenvalue weighted by atomic mass is 10.2. The molecule has 2 N–H and O–H groups in total. The van der Waals surface area contributed by atoms with Crippen molar-refractivity contribution >= 4 is 34.1 Å². The van der Waals surface area contributed by atoms with Gasteiger partial charge in [-0.25, -0.2) is 4.39 Å². The van der Waals surface area contributed by atoms with Crippen molar-refractivity contribution in [3.63, 3.8) is 0 Å². The zero-order valence-electron chi connectivity index (χ0n) is 13.2. The summed E-state index contributed by atoms with van der Waals surface area (Å²) in [6.45, 7) is 3.32. The minimum absolute atomic E-state index is 0.0143. The number of carbonyl (C=O) groups excluding carboxylic acids is 2. The summed E-state index contributed by atoms with van der Waals surface area (Å²) in [4.78, 5) is 23.5. The Balaban J connectivity index is 1.70. The standard InChI is InChI=1S/C18H15FN4O2/c1-2-17(24)21-16-9-13(7-8-14(16)19)20-18(25)11-23-10-12-5-3-4-6-15(12)22-23/h2-10H,1,11H2,(H,20,25)(H,21,24). The molecule has 6 nitrogen and oxygen atoms in total. The predicted molar refractivity (Wildman–Crippen MR) is 93.6 cm³/mol. The number of rotatable bonds is 5. The van der Waals surface area contributed by atoms with E-state index in [9.17, 15) is 14.0 Å². The van der Waals surface area contributed by atoms with Gasteiger partial charge in [0.15, 0.2) is 0 Å². The minimum Gasteiger partial charge on any atom is -0.324 e. The molecule has 0 saturated heterocycles. The molecule has 0 aliphatic rings. The highest BCUT2D eigenvalue weighted by Crippen LogP contribution is 2.20. The average molecular weight is 338 g/mol. The maximum atomic E-state index is 13.7. The highest BCUT2D eigenvalue weighted by Gasteiger charge is 2.09. The third-order valence-corrected chi connectivity index (χ3v) is 3.46. The Morgan fingerprint density at radius 3 is 2.76 bits per heavy atom. The van der Waals surface area contributed by atoms with Crippen molar-refractivity contribution in [2.45, 2.75) is 6.54 Å². The fourth-order valence-corrected chi connectivity index (χ4v) is 2.33. The molecule has 3 rings (SSSR count). The van der Waals surface area contributed by atoms with Crippen LogP contribution < -0.4 is 10.6 Å². The van der Waals surface area contributed by atoms with Crippen LogP contribution in [0, 0.1) is 5.82 Å². The summed E-state index contributed by atoms with van der Waals surface area (Å²) in [5.41, 5.74) is 1.13. The van der Waals surface area contributed by atoms with Gasteiger partial charge in [0, 0.05) is 17.3 Å². The molecule has 0 saturated carbocycles. The number of fused-ring (bicyclic) bond motifs is 1. The van der Waals surface area contributed by atoms with Crippen LogP contribution in [-0.2, 0) is 16.1 Å². The Labute approximate surface area is 143 Å². The van der Waals surface area contributed by atoms with Crippen molar-refractivity contribution in [1.82, 2.24) is 9.78 Å². The van der Waals surface area contributed by atoms with Crippen molar-refractivity contribution in [3.8, 4) is 0 Å². The summed E-state index contributed by atoms with van der Waals surface area (Å²) in [6.07, 6.45) is 2.81. The molecule has 0 unspecified atom stereocenters. The van der Waals surface area contributed by atoms with Crippen LogP contribution in [0.4, 0.5) is 15.8 Å². The molecule has 0 radical (unpaired) electrons. The molecule has 126 valence electrons. The number of carbonyl (C=O) groups is 2. The summed E-state index contributed by atoms with van der Waals surface area (Å²) < 4.78 is 15.2. The molecule has 1 aromatic heterocycles. The van der Waals surface area contributed by atoms with E-state index < -0.39 is 11.7 Å². The molecule has 0 atom stereocenters. The van der Waals surface area contributed by atoms with Gasteiger partial charge in [-0.1, -0.05) is 24.8 Å². The van der Waals surface area contributed by atoms with E-state index in [0.717, 1.165) is 23.0 Å².